The molecule has 0 aromatic rings. The highest BCUT2D eigenvalue weighted by Gasteiger charge is 2.22. The molecule has 1 heterocycles. The van der Waals surface area contributed by atoms with Gasteiger partial charge >= 0.3 is 0 Å². The van der Waals surface area contributed by atoms with Crippen molar-refractivity contribution in [3.8, 4) is 0 Å². The summed E-state index contributed by atoms with van der Waals surface area (Å²) in [5.41, 5.74) is 0. The first-order valence-corrected chi connectivity index (χ1v) is 5.78. The van der Waals surface area contributed by atoms with Crippen LogP contribution < -0.4 is 10.6 Å². The van der Waals surface area contributed by atoms with E-state index in [1.54, 1.807) is 0 Å². The highest BCUT2D eigenvalue weighted by Crippen LogP contribution is 2.13. The standard InChI is InChI=1S/C11H22N2O2/c1-4-12-11(14)9(3)13-10-5-6-15-8(2)7-10/h8-10,13H,4-7H2,1-3H3,(H,12,14). The summed E-state index contributed by atoms with van der Waals surface area (Å²) < 4.78 is 5.46. The van der Waals surface area contributed by atoms with Crippen LogP contribution in [0.3, 0.4) is 0 Å². The highest BCUT2D eigenvalue weighted by atomic mass is 16.5. The summed E-state index contributed by atoms with van der Waals surface area (Å²) in [6, 6.07) is 0.298. The molecule has 1 aliphatic heterocycles. The topological polar surface area (TPSA) is 50.4 Å². The minimum absolute atomic E-state index is 0.0802. The van der Waals surface area contributed by atoms with Crippen molar-refractivity contribution in [2.24, 2.45) is 0 Å². The van der Waals surface area contributed by atoms with Crippen molar-refractivity contribution in [3.05, 3.63) is 0 Å². The lowest BCUT2D eigenvalue weighted by atomic mass is 10.0. The molecule has 4 heteroatoms. The molecule has 3 unspecified atom stereocenters. The lowest BCUT2D eigenvalue weighted by molar-refractivity contribution is -0.123. The lowest BCUT2D eigenvalue weighted by Gasteiger charge is -2.30. The number of hydrogen-bond donors (Lipinski definition) is 2. The molecule has 0 aliphatic carbocycles. The number of rotatable bonds is 4. The smallest absolute Gasteiger partial charge is 0.236 e. The van der Waals surface area contributed by atoms with Crippen molar-refractivity contribution >= 4 is 5.91 Å². The Balaban J connectivity index is 2.30. The Morgan fingerprint density at radius 1 is 1.60 bits per heavy atom. The maximum absolute atomic E-state index is 11.5. The average Bonchev–Trinajstić information content (AvgIpc) is 2.18. The fraction of sp³-hybridized carbons (Fsp3) is 0.909. The van der Waals surface area contributed by atoms with Gasteiger partial charge < -0.3 is 15.4 Å². The Morgan fingerprint density at radius 2 is 2.33 bits per heavy atom. The number of amides is 1. The molecule has 1 rings (SSSR count). The van der Waals surface area contributed by atoms with Gasteiger partial charge in [0.05, 0.1) is 12.1 Å². The third-order valence-corrected chi connectivity index (χ3v) is 2.72. The van der Waals surface area contributed by atoms with E-state index < -0.39 is 0 Å². The second kappa shape index (κ2) is 6.08. The van der Waals surface area contributed by atoms with Crippen LogP contribution in [0.5, 0.6) is 0 Å². The van der Waals surface area contributed by atoms with Gasteiger partial charge in [0.2, 0.25) is 5.91 Å². The van der Waals surface area contributed by atoms with Gasteiger partial charge in [0.1, 0.15) is 0 Å². The SMILES string of the molecule is CCNC(=O)C(C)NC1CCOC(C)C1. The summed E-state index contributed by atoms with van der Waals surface area (Å²) in [7, 11) is 0. The van der Waals surface area contributed by atoms with Crippen LogP contribution in [-0.2, 0) is 9.53 Å². The molecule has 0 saturated carbocycles. The Labute approximate surface area is 91.8 Å². The van der Waals surface area contributed by atoms with E-state index in [2.05, 4.69) is 17.6 Å². The number of ether oxygens (including phenoxy) is 1. The molecule has 0 bridgehead atoms. The zero-order valence-corrected chi connectivity index (χ0v) is 9.88. The van der Waals surface area contributed by atoms with Crippen molar-refractivity contribution in [2.45, 2.75) is 51.8 Å². The molecule has 1 aliphatic rings. The maximum Gasteiger partial charge on any atom is 0.236 e. The molecule has 0 aromatic carbocycles. The van der Waals surface area contributed by atoms with Crippen LogP contribution in [-0.4, -0.2) is 37.2 Å². The second-order valence-electron chi connectivity index (χ2n) is 4.19. The number of carbonyl (C=O) groups is 1. The summed E-state index contributed by atoms with van der Waals surface area (Å²) in [4.78, 5) is 11.5. The van der Waals surface area contributed by atoms with Crippen LogP contribution in [0.4, 0.5) is 0 Å². The second-order valence-corrected chi connectivity index (χ2v) is 4.19. The first-order valence-electron chi connectivity index (χ1n) is 5.78. The fourth-order valence-electron chi connectivity index (χ4n) is 1.91. The number of hydrogen-bond acceptors (Lipinski definition) is 3. The van der Waals surface area contributed by atoms with Gasteiger partial charge in [-0.2, -0.15) is 0 Å². The first-order chi connectivity index (χ1) is 7.13. The van der Waals surface area contributed by atoms with Gasteiger partial charge in [-0.05, 0) is 33.6 Å². The molecule has 88 valence electrons. The predicted molar refractivity (Wildman–Crippen MR) is 59.7 cm³/mol. The van der Waals surface area contributed by atoms with Gasteiger partial charge in [0.25, 0.3) is 0 Å². The fourth-order valence-corrected chi connectivity index (χ4v) is 1.91. The number of likely N-dealkylation sites (N-methyl/N-ethyl adjacent to an activating group) is 1. The summed E-state index contributed by atoms with van der Waals surface area (Å²) >= 11 is 0. The van der Waals surface area contributed by atoms with Crippen LogP contribution in [0.15, 0.2) is 0 Å². The van der Waals surface area contributed by atoms with Crippen molar-refractivity contribution in [3.63, 3.8) is 0 Å². The van der Waals surface area contributed by atoms with Gasteiger partial charge in [-0.1, -0.05) is 0 Å². The minimum atomic E-state index is -0.111. The van der Waals surface area contributed by atoms with E-state index >= 15 is 0 Å². The third kappa shape index (κ3) is 4.18. The molecule has 1 saturated heterocycles. The van der Waals surface area contributed by atoms with Crippen LogP contribution in [0.25, 0.3) is 0 Å². The third-order valence-electron chi connectivity index (χ3n) is 2.72. The summed E-state index contributed by atoms with van der Waals surface area (Å²) in [6.07, 6.45) is 2.29. The number of nitrogens with one attached hydrogen (secondary N) is 2. The van der Waals surface area contributed by atoms with E-state index in [4.69, 9.17) is 4.74 Å². The van der Waals surface area contributed by atoms with Crippen LogP contribution >= 0.6 is 0 Å². The largest absolute Gasteiger partial charge is 0.378 e. The molecule has 0 spiro atoms. The number of carbonyl (C=O) groups excluding carboxylic acids is 1. The van der Waals surface area contributed by atoms with Gasteiger partial charge in [-0.25, -0.2) is 0 Å². The summed E-state index contributed by atoms with van der Waals surface area (Å²) in [5, 5.41) is 6.16. The quantitative estimate of drug-likeness (QED) is 0.723. The highest BCUT2D eigenvalue weighted by molar-refractivity contribution is 5.81. The van der Waals surface area contributed by atoms with Crippen LogP contribution in [0, 0.1) is 0 Å². The molecule has 0 aromatic heterocycles. The van der Waals surface area contributed by atoms with E-state index in [1.807, 2.05) is 13.8 Å². The van der Waals surface area contributed by atoms with Crippen LogP contribution in [0.2, 0.25) is 0 Å². The van der Waals surface area contributed by atoms with Gasteiger partial charge in [-0.15, -0.1) is 0 Å². The molecular formula is C11H22N2O2. The molecule has 0 radical (unpaired) electrons. The normalized spacial score (nSPS) is 28.5. The molecule has 3 atom stereocenters. The van der Waals surface area contributed by atoms with E-state index in [9.17, 15) is 4.79 Å². The zero-order chi connectivity index (χ0) is 11.3. The molecule has 4 nitrogen and oxygen atoms in total. The Hall–Kier alpha value is -0.610. The molecule has 1 fully saturated rings. The van der Waals surface area contributed by atoms with Gasteiger partial charge in [0.15, 0.2) is 0 Å². The Kier molecular flexibility index (Phi) is 5.05. The molecule has 2 N–H and O–H groups in total. The van der Waals surface area contributed by atoms with E-state index in [1.165, 1.54) is 0 Å². The van der Waals surface area contributed by atoms with Crippen LogP contribution in [0.1, 0.15) is 33.6 Å². The Morgan fingerprint density at radius 3 is 2.93 bits per heavy atom. The van der Waals surface area contributed by atoms with Crippen molar-refractivity contribution in [1.29, 1.82) is 0 Å². The van der Waals surface area contributed by atoms with Crippen molar-refractivity contribution in [2.75, 3.05) is 13.2 Å². The molecule has 1 amide bonds. The van der Waals surface area contributed by atoms with Gasteiger partial charge in [0, 0.05) is 19.2 Å². The molecular weight excluding hydrogens is 192 g/mol. The Bertz CT molecular complexity index is 209. The van der Waals surface area contributed by atoms with E-state index in [-0.39, 0.29) is 11.9 Å². The summed E-state index contributed by atoms with van der Waals surface area (Å²) in [5.74, 6) is 0.0802. The van der Waals surface area contributed by atoms with Crippen molar-refractivity contribution in [1.82, 2.24) is 10.6 Å². The monoisotopic (exact) mass is 214 g/mol. The average molecular weight is 214 g/mol. The first kappa shape index (κ1) is 12.5. The minimum Gasteiger partial charge on any atom is -0.378 e. The van der Waals surface area contributed by atoms with E-state index in [0.717, 1.165) is 19.4 Å². The zero-order valence-electron chi connectivity index (χ0n) is 9.88. The lowest BCUT2D eigenvalue weighted by Crippen LogP contribution is -2.49. The summed E-state index contributed by atoms with van der Waals surface area (Å²) in [6.45, 7) is 7.40. The predicted octanol–water partition coefficient (Wildman–Crippen LogP) is 0.668. The van der Waals surface area contributed by atoms with E-state index in [0.29, 0.717) is 18.7 Å². The van der Waals surface area contributed by atoms with Gasteiger partial charge in [-0.3, -0.25) is 4.79 Å². The van der Waals surface area contributed by atoms with Crippen molar-refractivity contribution < 1.29 is 9.53 Å². The molecule has 15 heavy (non-hydrogen) atoms. The maximum atomic E-state index is 11.5.